The van der Waals surface area contributed by atoms with E-state index in [2.05, 4.69) is 42.6 Å². The molecule has 1 aliphatic rings. The fraction of sp³-hybridized carbons (Fsp3) is 0.714. The quantitative estimate of drug-likeness (QED) is 0.873. The first-order valence-electron chi connectivity index (χ1n) is 6.52. The lowest BCUT2D eigenvalue weighted by Crippen LogP contribution is -2.40. The summed E-state index contributed by atoms with van der Waals surface area (Å²) in [6.07, 6.45) is 3.47. The second kappa shape index (κ2) is 4.19. The molecule has 1 aliphatic heterocycles. The summed E-state index contributed by atoms with van der Waals surface area (Å²) in [5.74, 6) is 1.35. The molecule has 0 aromatic carbocycles. The second-order valence-electron chi connectivity index (χ2n) is 6.47. The summed E-state index contributed by atoms with van der Waals surface area (Å²) in [4.78, 5) is 10.7. The first-order valence-corrected chi connectivity index (χ1v) is 6.52. The van der Waals surface area contributed by atoms with E-state index in [1.807, 2.05) is 13.1 Å². The minimum Gasteiger partial charge on any atom is -0.388 e. The number of aliphatic hydroxyl groups is 1. The molecule has 18 heavy (non-hydrogen) atoms. The van der Waals surface area contributed by atoms with Gasteiger partial charge in [0.25, 0.3) is 0 Å². The van der Waals surface area contributed by atoms with Crippen molar-refractivity contribution in [3.8, 4) is 0 Å². The molecule has 100 valence electrons. The summed E-state index contributed by atoms with van der Waals surface area (Å²) < 4.78 is 0. The van der Waals surface area contributed by atoms with Crippen LogP contribution in [0.3, 0.4) is 0 Å². The fourth-order valence-electron chi connectivity index (χ4n) is 2.44. The molecule has 1 aromatic heterocycles. The maximum absolute atomic E-state index is 10.5. The average molecular weight is 249 g/mol. The van der Waals surface area contributed by atoms with Gasteiger partial charge in [0.05, 0.1) is 5.60 Å². The second-order valence-corrected chi connectivity index (χ2v) is 6.47. The van der Waals surface area contributed by atoms with Crippen LogP contribution in [0.25, 0.3) is 0 Å². The van der Waals surface area contributed by atoms with E-state index in [-0.39, 0.29) is 5.41 Å². The Morgan fingerprint density at radius 3 is 2.44 bits per heavy atom. The highest BCUT2D eigenvalue weighted by atomic mass is 16.3. The van der Waals surface area contributed by atoms with Crippen molar-refractivity contribution in [1.29, 1.82) is 0 Å². The Hall–Kier alpha value is -1.16. The van der Waals surface area contributed by atoms with Gasteiger partial charge < -0.3 is 10.0 Å². The van der Waals surface area contributed by atoms with Gasteiger partial charge in [-0.15, -0.1) is 0 Å². The van der Waals surface area contributed by atoms with Gasteiger partial charge >= 0.3 is 0 Å². The molecule has 0 radical (unpaired) electrons. The number of anilines is 1. The predicted octanol–water partition coefficient (Wildman–Crippen LogP) is 2.20. The number of hydrogen-bond donors (Lipinski definition) is 1. The zero-order valence-corrected chi connectivity index (χ0v) is 11.9. The molecular formula is C14H23N3O. The Morgan fingerprint density at radius 1 is 1.28 bits per heavy atom. The van der Waals surface area contributed by atoms with E-state index in [4.69, 9.17) is 0 Å². The van der Waals surface area contributed by atoms with Crippen LogP contribution in [-0.4, -0.2) is 33.8 Å². The topological polar surface area (TPSA) is 49.2 Å². The molecule has 1 fully saturated rings. The summed E-state index contributed by atoms with van der Waals surface area (Å²) in [5.41, 5.74) is 0.323. The lowest BCUT2D eigenvalue weighted by molar-refractivity contribution is -0.00891. The van der Waals surface area contributed by atoms with Crippen molar-refractivity contribution in [2.45, 2.75) is 46.1 Å². The van der Waals surface area contributed by atoms with E-state index in [1.54, 1.807) is 6.33 Å². The lowest BCUT2D eigenvalue weighted by atomic mass is 9.79. The van der Waals surface area contributed by atoms with Crippen LogP contribution in [0.5, 0.6) is 0 Å². The van der Waals surface area contributed by atoms with Crippen molar-refractivity contribution in [1.82, 2.24) is 9.97 Å². The standard InChI is InChI=1S/C14H23N3O/c1-10(2)11-6-15-9-16-12(11)17-7-13(3,4)14(5,18)8-17/h6,9-10,18H,7-8H2,1-5H3/t14-/m0/s1. The molecule has 1 aromatic rings. The van der Waals surface area contributed by atoms with Gasteiger partial charge in [-0.05, 0) is 12.8 Å². The summed E-state index contributed by atoms with van der Waals surface area (Å²) in [5, 5.41) is 10.5. The Morgan fingerprint density at radius 2 is 1.94 bits per heavy atom. The highest BCUT2D eigenvalue weighted by Crippen LogP contribution is 2.41. The van der Waals surface area contributed by atoms with Gasteiger partial charge in [-0.25, -0.2) is 9.97 Å². The van der Waals surface area contributed by atoms with Gasteiger partial charge in [0.1, 0.15) is 12.1 Å². The van der Waals surface area contributed by atoms with Crippen molar-refractivity contribution in [2.75, 3.05) is 18.0 Å². The smallest absolute Gasteiger partial charge is 0.135 e. The van der Waals surface area contributed by atoms with Crippen molar-refractivity contribution in [3.05, 3.63) is 18.1 Å². The average Bonchev–Trinajstić information content (AvgIpc) is 2.48. The van der Waals surface area contributed by atoms with Crippen molar-refractivity contribution in [3.63, 3.8) is 0 Å². The van der Waals surface area contributed by atoms with Crippen molar-refractivity contribution >= 4 is 5.82 Å². The zero-order valence-electron chi connectivity index (χ0n) is 11.9. The maximum atomic E-state index is 10.5. The van der Waals surface area contributed by atoms with Crippen molar-refractivity contribution in [2.24, 2.45) is 5.41 Å². The molecule has 0 saturated carbocycles. The largest absolute Gasteiger partial charge is 0.388 e. The molecule has 2 rings (SSSR count). The van der Waals surface area contributed by atoms with Crippen LogP contribution in [0.4, 0.5) is 5.82 Å². The first kappa shape index (κ1) is 13.3. The van der Waals surface area contributed by atoms with Gasteiger partial charge in [-0.3, -0.25) is 0 Å². The highest BCUT2D eigenvalue weighted by molar-refractivity contribution is 5.49. The summed E-state index contributed by atoms with van der Waals surface area (Å²) >= 11 is 0. The van der Waals surface area contributed by atoms with Gasteiger partial charge in [0.2, 0.25) is 0 Å². The molecule has 1 atom stereocenters. The predicted molar refractivity (Wildman–Crippen MR) is 72.7 cm³/mol. The Bertz CT molecular complexity index is 424. The van der Waals surface area contributed by atoms with Gasteiger partial charge in [-0.1, -0.05) is 27.7 Å². The Balaban J connectivity index is 2.35. The van der Waals surface area contributed by atoms with Gasteiger partial charge in [-0.2, -0.15) is 0 Å². The third kappa shape index (κ3) is 2.09. The van der Waals surface area contributed by atoms with Crippen LogP contribution < -0.4 is 4.90 Å². The van der Waals surface area contributed by atoms with E-state index in [0.29, 0.717) is 12.5 Å². The summed E-state index contributed by atoms with van der Waals surface area (Å²) in [6, 6.07) is 0. The summed E-state index contributed by atoms with van der Waals surface area (Å²) in [7, 11) is 0. The van der Waals surface area contributed by atoms with E-state index in [0.717, 1.165) is 17.9 Å². The first-order chi connectivity index (χ1) is 8.24. The van der Waals surface area contributed by atoms with Crippen LogP contribution in [0.2, 0.25) is 0 Å². The lowest BCUT2D eigenvalue weighted by Gasteiger charge is -2.30. The van der Waals surface area contributed by atoms with Crippen LogP contribution in [0, 0.1) is 5.41 Å². The fourth-order valence-corrected chi connectivity index (χ4v) is 2.44. The number of aromatic nitrogens is 2. The molecule has 0 amide bonds. The molecule has 0 bridgehead atoms. The Labute approximate surface area is 109 Å². The van der Waals surface area contributed by atoms with Crippen molar-refractivity contribution < 1.29 is 5.11 Å². The molecule has 0 aliphatic carbocycles. The third-order valence-electron chi connectivity index (χ3n) is 4.18. The SMILES string of the molecule is CC(C)c1cncnc1N1CC(C)(C)[C@@](C)(O)C1. The monoisotopic (exact) mass is 249 g/mol. The van der Waals surface area contributed by atoms with Crippen LogP contribution in [0.1, 0.15) is 46.1 Å². The third-order valence-corrected chi connectivity index (χ3v) is 4.18. The Kier molecular flexibility index (Phi) is 3.09. The number of hydrogen-bond acceptors (Lipinski definition) is 4. The molecular weight excluding hydrogens is 226 g/mol. The molecule has 4 nitrogen and oxygen atoms in total. The maximum Gasteiger partial charge on any atom is 0.135 e. The minimum atomic E-state index is -0.688. The van der Waals surface area contributed by atoms with Crippen LogP contribution >= 0.6 is 0 Å². The molecule has 2 heterocycles. The number of nitrogens with zero attached hydrogens (tertiary/aromatic N) is 3. The minimum absolute atomic E-state index is 0.133. The number of β-amino-alcohol motifs (C(OH)–C–C–N with tert-alkyl or cyclic N) is 1. The summed E-state index contributed by atoms with van der Waals surface area (Å²) in [6.45, 7) is 11.8. The number of rotatable bonds is 2. The van der Waals surface area contributed by atoms with Gasteiger partial charge in [0.15, 0.2) is 0 Å². The molecule has 1 saturated heterocycles. The van der Waals surface area contributed by atoms with Gasteiger partial charge in [0, 0.05) is 30.3 Å². The van der Waals surface area contributed by atoms with Crippen LogP contribution in [-0.2, 0) is 0 Å². The molecule has 1 N–H and O–H groups in total. The molecule has 4 heteroatoms. The molecule has 0 unspecified atom stereocenters. The van der Waals surface area contributed by atoms with Crippen LogP contribution in [0.15, 0.2) is 12.5 Å². The highest BCUT2D eigenvalue weighted by Gasteiger charge is 2.48. The van der Waals surface area contributed by atoms with E-state index >= 15 is 0 Å². The van der Waals surface area contributed by atoms with E-state index < -0.39 is 5.60 Å². The van der Waals surface area contributed by atoms with E-state index in [1.165, 1.54) is 0 Å². The molecule has 0 spiro atoms. The normalized spacial score (nSPS) is 26.9. The zero-order chi connectivity index (χ0) is 13.6. The van der Waals surface area contributed by atoms with E-state index in [9.17, 15) is 5.11 Å².